The normalized spacial score (nSPS) is 20.9. The van der Waals surface area contributed by atoms with Crippen molar-refractivity contribution in [2.45, 2.75) is 25.4 Å². The minimum atomic E-state index is -0.137. The van der Waals surface area contributed by atoms with E-state index in [0.717, 1.165) is 24.2 Å². The van der Waals surface area contributed by atoms with Gasteiger partial charge in [-0.2, -0.15) is 0 Å². The van der Waals surface area contributed by atoms with Crippen LogP contribution in [0.3, 0.4) is 0 Å². The highest BCUT2D eigenvalue weighted by Crippen LogP contribution is 2.33. The summed E-state index contributed by atoms with van der Waals surface area (Å²) in [5.41, 5.74) is 0.966. The topological polar surface area (TPSA) is 35.5 Å². The second-order valence-electron chi connectivity index (χ2n) is 3.61. The molecule has 3 heteroatoms. The van der Waals surface area contributed by atoms with Crippen molar-refractivity contribution in [3.8, 4) is 5.75 Å². The molecule has 1 atom stereocenters. The van der Waals surface area contributed by atoms with Gasteiger partial charge in [0.2, 0.25) is 0 Å². The quantitative estimate of drug-likeness (QED) is 0.697. The van der Waals surface area contributed by atoms with Crippen molar-refractivity contribution in [3.63, 3.8) is 0 Å². The van der Waals surface area contributed by atoms with Crippen LogP contribution in [0.1, 0.15) is 30.9 Å². The zero-order valence-corrected chi connectivity index (χ0v) is 8.73. The molecule has 0 aromatic heterocycles. The Morgan fingerprint density at radius 1 is 1.40 bits per heavy atom. The molecule has 80 valence electrons. The Hall–Kier alpha value is -1.51. The third-order valence-corrected chi connectivity index (χ3v) is 2.61. The number of ether oxygens (including phenoxy) is 2. The van der Waals surface area contributed by atoms with E-state index in [9.17, 15) is 4.79 Å². The van der Waals surface area contributed by atoms with E-state index in [2.05, 4.69) is 0 Å². The standard InChI is InChI=1S/C12H14O3/c1-14-10-6-3-2-5-9(10)11-7-4-8-12(13)15-11/h2-3,5-6,11H,4,7-8H2,1H3/t11-/m1/s1. The van der Waals surface area contributed by atoms with Gasteiger partial charge in [-0.05, 0) is 18.9 Å². The molecule has 1 aromatic rings. The number of carbonyl (C=O) groups is 1. The van der Waals surface area contributed by atoms with Gasteiger partial charge in [-0.15, -0.1) is 0 Å². The first kappa shape index (κ1) is 10.0. The Morgan fingerprint density at radius 2 is 2.20 bits per heavy atom. The molecule has 1 saturated heterocycles. The van der Waals surface area contributed by atoms with Crippen LogP contribution < -0.4 is 4.74 Å². The van der Waals surface area contributed by atoms with Gasteiger partial charge >= 0.3 is 5.97 Å². The molecule has 0 aliphatic carbocycles. The maximum atomic E-state index is 11.2. The van der Waals surface area contributed by atoms with Gasteiger partial charge in [0.1, 0.15) is 11.9 Å². The number of para-hydroxylation sites is 1. The van der Waals surface area contributed by atoms with E-state index in [1.165, 1.54) is 0 Å². The number of cyclic esters (lactones) is 1. The third kappa shape index (κ3) is 2.12. The van der Waals surface area contributed by atoms with Crippen LogP contribution in [0.25, 0.3) is 0 Å². The molecule has 0 unspecified atom stereocenters. The Morgan fingerprint density at radius 3 is 2.93 bits per heavy atom. The van der Waals surface area contributed by atoms with E-state index in [4.69, 9.17) is 9.47 Å². The number of hydrogen-bond donors (Lipinski definition) is 0. The van der Waals surface area contributed by atoms with Gasteiger partial charge in [0.15, 0.2) is 0 Å². The van der Waals surface area contributed by atoms with Crippen LogP contribution in [0.5, 0.6) is 5.75 Å². The second kappa shape index (κ2) is 4.34. The molecule has 1 aromatic carbocycles. The average Bonchev–Trinajstić information content (AvgIpc) is 2.29. The van der Waals surface area contributed by atoms with Gasteiger partial charge < -0.3 is 9.47 Å². The number of hydrogen-bond acceptors (Lipinski definition) is 3. The summed E-state index contributed by atoms with van der Waals surface area (Å²) in [6.45, 7) is 0. The Balaban J connectivity index is 2.24. The van der Waals surface area contributed by atoms with Crippen LogP contribution >= 0.6 is 0 Å². The van der Waals surface area contributed by atoms with Crippen molar-refractivity contribution in [1.82, 2.24) is 0 Å². The fourth-order valence-corrected chi connectivity index (χ4v) is 1.86. The summed E-state index contributed by atoms with van der Waals surface area (Å²) in [6, 6.07) is 7.67. The monoisotopic (exact) mass is 206 g/mol. The van der Waals surface area contributed by atoms with Crippen molar-refractivity contribution in [2.24, 2.45) is 0 Å². The first-order chi connectivity index (χ1) is 7.31. The summed E-state index contributed by atoms with van der Waals surface area (Å²) in [7, 11) is 1.63. The third-order valence-electron chi connectivity index (χ3n) is 2.61. The number of benzene rings is 1. The fourth-order valence-electron chi connectivity index (χ4n) is 1.86. The molecular weight excluding hydrogens is 192 g/mol. The molecule has 1 aliphatic heterocycles. The second-order valence-corrected chi connectivity index (χ2v) is 3.61. The lowest BCUT2D eigenvalue weighted by Gasteiger charge is -2.23. The van der Waals surface area contributed by atoms with Crippen LogP contribution in [-0.2, 0) is 9.53 Å². The zero-order chi connectivity index (χ0) is 10.7. The predicted octanol–water partition coefficient (Wildman–Crippen LogP) is 2.46. The van der Waals surface area contributed by atoms with Crippen molar-refractivity contribution < 1.29 is 14.3 Å². The summed E-state index contributed by atoms with van der Waals surface area (Å²) >= 11 is 0. The minimum absolute atomic E-state index is 0.114. The molecule has 0 spiro atoms. The van der Waals surface area contributed by atoms with Crippen molar-refractivity contribution in [2.75, 3.05) is 7.11 Å². The fraction of sp³-hybridized carbons (Fsp3) is 0.417. The van der Waals surface area contributed by atoms with Gasteiger partial charge in [-0.25, -0.2) is 0 Å². The highest BCUT2D eigenvalue weighted by molar-refractivity contribution is 5.70. The molecule has 15 heavy (non-hydrogen) atoms. The molecule has 3 nitrogen and oxygen atoms in total. The van der Waals surface area contributed by atoms with Gasteiger partial charge in [-0.1, -0.05) is 18.2 Å². The highest BCUT2D eigenvalue weighted by Gasteiger charge is 2.24. The SMILES string of the molecule is COc1ccccc1[C@H]1CCCC(=O)O1. The van der Waals surface area contributed by atoms with Crippen LogP contribution in [0, 0.1) is 0 Å². The highest BCUT2D eigenvalue weighted by atomic mass is 16.5. The molecule has 1 aliphatic rings. The van der Waals surface area contributed by atoms with Crippen LogP contribution in [0.4, 0.5) is 0 Å². The molecule has 1 heterocycles. The Bertz CT molecular complexity index is 360. The lowest BCUT2D eigenvalue weighted by Crippen LogP contribution is -2.17. The van der Waals surface area contributed by atoms with Gasteiger partial charge in [-0.3, -0.25) is 4.79 Å². The maximum absolute atomic E-state index is 11.2. The summed E-state index contributed by atoms with van der Waals surface area (Å²) in [4.78, 5) is 11.2. The smallest absolute Gasteiger partial charge is 0.306 e. The van der Waals surface area contributed by atoms with Crippen LogP contribution in [0.15, 0.2) is 24.3 Å². The summed E-state index contributed by atoms with van der Waals surface area (Å²) in [5, 5.41) is 0. The van der Waals surface area contributed by atoms with E-state index in [0.29, 0.717) is 6.42 Å². The molecule has 0 amide bonds. The number of carbonyl (C=O) groups excluding carboxylic acids is 1. The van der Waals surface area contributed by atoms with E-state index in [1.54, 1.807) is 7.11 Å². The first-order valence-corrected chi connectivity index (χ1v) is 5.13. The number of esters is 1. The van der Waals surface area contributed by atoms with Crippen molar-refractivity contribution >= 4 is 5.97 Å². The van der Waals surface area contributed by atoms with E-state index < -0.39 is 0 Å². The molecule has 2 rings (SSSR count). The van der Waals surface area contributed by atoms with E-state index in [1.807, 2.05) is 24.3 Å². The van der Waals surface area contributed by atoms with E-state index >= 15 is 0 Å². The first-order valence-electron chi connectivity index (χ1n) is 5.13. The van der Waals surface area contributed by atoms with Gasteiger partial charge in [0.05, 0.1) is 7.11 Å². The maximum Gasteiger partial charge on any atom is 0.306 e. The van der Waals surface area contributed by atoms with Crippen molar-refractivity contribution in [3.05, 3.63) is 29.8 Å². The molecular formula is C12H14O3. The van der Waals surface area contributed by atoms with Crippen molar-refractivity contribution in [1.29, 1.82) is 0 Å². The zero-order valence-electron chi connectivity index (χ0n) is 8.73. The minimum Gasteiger partial charge on any atom is -0.496 e. The Kier molecular flexibility index (Phi) is 2.90. The average molecular weight is 206 g/mol. The van der Waals surface area contributed by atoms with E-state index in [-0.39, 0.29) is 12.1 Å². The summed E-state index contributed by atoms with van der Waals surface area (Å²) in [5.74, 6) is 0.675. The Labute approximate surface area is 89.0 Å². The molecule has 0 N–H and O–H groups in total. The molecule has 0 bridgehead atoms. The largest absolute Gasteiger partial charge is 0.496 e. The van der Waals surface area contributed by atoms with Crippen LogP contribution in [0.2, 0.25) is 0 Å². The lowest BCUT2D eigenvalue weighted by molar-refractivity contribution is -0.154. The van der Waals surface area contributed by atoms with Gasteiger partial charge in [0.25, 0.3) is 0 Å². The molecule has 1 fully saturated rings. The summed E-state index contributed by atoms with van der Waals surface area (Å²) < 4.78 is 10.5. The molecule has 0 radical (unpaired) electrons. The molecule has 0 saturated carbocycles. The van der Waals surface area contributed by atoms with Gasteiger partial charge in [0, 0.05) is 12.0 Å². The number of rotatable bonds is 2. The van der Waals surface area contributed by atoms with Crippen LogP contribution in [-0.4, -0.2) is 13.1 Å². The predicted molar refractivity (Wildman–Crippen MR) is 55.7 cm³/mol. The summed E-state index contributed by atoms with van der Waals surface area (Å²) in [6.07, 6.45) is 2.17. The lowest BCUT2D eigenvalue weighted by atomic mass is 10.0. The number of methoxy groups -OCH3 is 1.